The van der Waals surface area contributed by atoms with Gasteiger partial charge in [0.1, 0.15) is 24.0 Å². The summed E-state index contributed by atoms with van der Waals surface area (Å²) in [4.78, 5) is 0. The van der Waals surface area contributed by atoms with Gasteiger partial charge in [-0.25, -0.2) is 5.84 Å². The topological polar surface area (TPSA) is 110 Å². The third-order valence-corrected chi connectivity index (χ3v) is 3.59. The summed E-state index contributed by atoms with van der Waals surface area (Å²) >= 11 is 0. The van der Waals surface area contributed by atoms with Crippen molar-refractivity contribution >= 4 is 16.7 Å². The number of nitrogens with one attached hydrogen (secondary N) is 1. The number of rotatable bonds is 5. The smallest absolute Gasteiger partial charge is 0.151 e. The Morgan fingerprint density at radius 3 is 2.88 bits per heavy atom. The first-order chi connectivity index (χ1) is 11.7. The van der Waals surface area contributed by atoms with Crippen LogP contribution in [-0.4, -0.2) is 0 Å². The fourth-order valence-electron chi connectivity index (χ4n) is 2.34. The van der Waals surface area contributed by atoms with Gasteiger partial charge in [0.25, 0.3) is 0 Å². The molecule has 3 rings (SSSR count). The van der Waals surface area contributed by atoms with E-state index in [1.165, 1.54) is 0 Å². The number of benzene rings is 2. The lowest BCUT2D eigenvalue weighted by Gasteiger charge is -2.09. The molecule has 0 saturated heterocycles. The Balaban J connectivity index is 1.77. The molecule has 1 heterocycles. The molecule has 0 fully saturated rings. The quantitative estimate of drug-likeness (QED) is 0.379. The number of nitriles is 1. The van der Waals surface area contributed by atoms with Gasteiger partial charge in [0.15, 0.2) is 5.70 Å². The maximum atomic E-state index is 8.98. The van der Waals surface area contributed by atoms with E-state index in [1.807, 2.05) is 42.5 Å². The summed E-state index contributed by atoms with van der Waals surface area (Å²) in [5.74, 6) is 5.93. The van der Waals surface area contributed by atoms with E-state index in [1.54, 1.807) is 18.4 Å². The molecule has 24 heavy (non-hydrogen) atoms. The van der Waals surface area contributed by atoms with Gasteiger partial charge >= 0.3 is 0 Å². The van der Waals surface area contributed by atoms with Crippen molar-refractivity contribution < 1.29 is 9.15 Å². The Kier molecular flexibility index (Phi) is 4.36. The lowest BCUT2D eigenvalue weighted by molar-refractivity contribution is 0.306. The summed E-state index contributed by atoms with van der Waals surface area (Å²) < 4.78 is 11.1. The molecule has 120 valence electrons. The molecule has 0 aliphatic carbocycles. The van der Waals surface area contributed by atoms with E-state index < -0.39 is 0 Å². The van der Waals surface area contributed by atoms with Crippen molar-refractivity contribution in [2.45, 2.75) is 6.61 Å². The van der Waals surface area contributed by atoms with Crippen LogP contribution in [0.3, 0.4) is 0 Å². The Labute approximate surface area is 138 Å². The lowest BCUT2D eigenvalue weighted by atomic mass is 10.1. The van der Waals surface area contributed by atoms with Gasteiger partial charge in [0.05, 0.1) is 12.0 Å². The fourth-order valence-corrected chi connectivity index (χ4v) is 2.34. The van der Waals surface area contributed by atoms with Crippen molar-refractivity contribution in [3.63, 3.8) is 0 Å². The first-order valence-electron chi connectivity index (χ1n) is 7.27. The molecule has 3 aromatic rings. The maximum absolute atomic E-state index is 8.98. The summed E-state index contributed by atoms with van der Waals surface area (Å²) in [6.45, 7) is 0.411. The monoisotopic (exact) mass is 320 g/mol. The van der Waals surface area contributed by atoms with Gasteiger partial charge in [-0.3, -0.25) is 0 Å². The number of nitrogens with two attached hydrogens (primary N) is 2. The zero-order valence-corrected chi connectivity index (χ0v) is 12.8. The van der Waals surface area contributed by atoms with Crippen molar-refractivity contribution in [1.29, 1.82) is 5.26 Å². The minimum absolute atomic E-state index is 0.109. The molecule has 0 spiro atoms. The summed E-state index contributed by atoms with van der Waals surface area (Å²) in [7, 11) is 0. The predicted molar refractivity (Wildman–Crippen MR) is 91.0 cm³/mol. The minimum Gasteiger partial charge on any atom is -0.489 e. The molecular formula is C18H16N4O2. The molecule has 0 aliphatic rings. The molecule has 0 unspecified atom stereocenters. The van der Waals surface area contributed by atoms with Crippen LogP contribution >= 0.6 is 0 Å². The van der Waals surface area contributed by atoms with Crippen LogP contribution in [0.5, 0.6) is 5.75 Å². The first-order valence-corrected chi connectivity index (χ1v) is 7.27. The summed E-state index contributed by atoms with van der Waals surface area (Å²) in [5.41, 5.74) is 11.1. The minimum atomic E-state index is 0.109. The second-order valence-corrected chi connectivity index (χ2v) is 5.15. The average molecular weight is 320 g/mol. The molecule has 5 N–H and O–H groups in total. The zero-order valence-electron chi connectivity index (χ0n) is 12.8. The summed E-state index contributed by atoms with van der Waals surface area (Å²) in [6, 6.07) is 16.9. The Morgan fingerprint density at radius 1 is 1.21 bits per heavy atom. The molecule has 0 bridgehead atoms. The van der Waals surface area contributed by atoms with E-state index in [9.17, 15) is 0 Å². The highest BCUT2D eigenvalue weighted by Crippen LogP contribution is 2.21. The van der Waals surface area contributed by atoms with Gasteiger partial charge in [-0.05, 0) is 35.9 Å². The van der Waals surface area contributed by atoms with E-state index in [-0.39, 0.29) is 11.4 Å². The summed E-state index contributed by atoms with van der Waals surface area (Å²) in [6.07, 6.45) is 1.66. The Morgan fingerprint density at radius 2 is 2.08 bits per heavy atom. The maximum Gasteiger partial charge on any atom is 0.151 e. The molecule has 6 heteroatoms. The van der Waals surface area contributed by atoms with Crippen molar-refractivity contribution in [2.24, 2.45) is 11.6 Å². The highest BCUT2D eigenvalue weighted by molar-refractivity contribution is 5.77. The number of hydrogen-bond donors (Lipinski definition) is 3. The van der Waals surface area contributed by atoms with E-state index in [4.69, 9.17) is 26.0 Å². The van der Waals surface area contributed by atoms with Crippen LogP contribution in [0.2, 0.25) is 0 Å². The van der Waals surface area contributed by atoms with Crippen LogP contribution in [0.4, 0.5) is 0 Å². The standard InChI is InChI=1S/C18H16N4O2/c19-10-16(22-21)18(20)14-2-1-3-15(9-14)24-11-12-4-5-17-13(8-12)6-7-23-17/h1-9,22H,11,20-21H2/b18-16-. The molecule has 2 aromatic carbocycles. The van der Waals surface area contributed by atoms with E-state index >= 15 is 0 Å². The molecule has 0 saturated carbocycles. The third kappa shape index (κ3) is 3.16. The van der Waals surface area contributed by atoms with Crippen LogP contribution in [-0.2, 0) is 6.61 Å². The summed E-state index contributed by atoms with van der Waals surface area (Å²) in [5, 5.41) is 10.0. The number of allylic oxidation sites excluding steroid dienone is 1. The Bertz CT molecular complexity index is 937. The zero-order chi connectivity index (χ0) is 16.9. The van der Waals surface area contributed by atoms with Crippen molar-refractivity contribution in [3.8, 4) is 11.8 Å². The number of hydrazine groups is 1. The largest absolute Gasteiger partial charge is 0.489 e. The molecule has 0 atom stereocenters. The van der Waals surface area contributed by atoms with E-state index in [0.717, 1.165) is 16.5 Å². The van der Waals surface area contributed by atoms with Crippen LogP contribution in [0, 0.1) is 11.3 Å². The molecular weight excluding hydrogens is 304 g/mol. The number of fused-ring (bicyclic) bond motifs is 1. The SMILES string of the molecule is N#C/C(NN)=C(/N)c1cccc(OCc2ccc3occc3c2)c1. The van der Waals surface area contributed by atoms with Crippen molar-refractivity contribution in [3.05, 3.63) is 71.6 Å². The normalized spacial score (nSPS) is 11.7. The van der Waals surface area contributed by atoms with Gasteiger partial charge in [0, 0.05) is 10.9 Å². The van der Waals surface area contributed by atoms with Crippen molar-refractivity contribution in [2.75, 3.05) is 0 Å². The van der Waals surface area contributed by atoms with Gasteiger partial charge in [0.2, 0.25) is 0 Å². The van der Waals surface area contributed by atoms with Gasteiger partial charge in [-0.2, -0.15) is 5.26 Å². The molecule has 0 aliphatic heterocycles. The molecule has 0 amide bonds. The highest BCUT2D eigenvalue weighted by Gasteiger charge is 2.06. The van der Waals surface area contributed by atoms with E-state index in [2.05, 4.69) is 5.43 Å². The van der Waals surface area contributed by atoms with Gasteiger partial charge in [-0.1, -0.05) is 18.2 Å². The van der Waals surface area contributed by atoms with Crippen LogP contribution in [0.15, 0.2) is 64.9 Å². The number of furan rings is 1. The molecule has 0 radical (unpaired) electrons. The molecule has 6 nitrogen and oxygen atoms in total. The second kappa shape index (κ2) is 6.77. The predicted octanol–water partition coefficient (Wildman–Crippen LogP) is 2.63. The number of hydrogen-bond acceptors (Lipinski definition) is 6. The number of ether oxygens (including phenoxy) is 1. The third-order valence-electron chi connectivity index (χ3n) is 3.59. The first kappa shape index (κ1) is 15.5. The van der Waals surface area contributed by atoms with E-state index in [0.29, 0.717) is 17.9 Å². The second-order valence-electron chi connectivity index (χ2n) is 5.15. The van der Waals surface area contributed by atoms with Crippen LogP contribution < -0.4 is 21.7 Å². The Hall–Kier alpha value is -3.43. The van der Waals surface area contributed by atoms with Crippen molar-refractivity contribution in [1.82, 2.24) is 5.43 Å². The van der Waals surface area contributed by atoms with Crippen LogP contribution in [0.25, 0.3) is 16.7 Å². The van der Waals surface area contributed by atoms with Gasteiger partial charge in [-0.15, -0.1) is 0 Å². The average Bonchev–Trinajstić information content (AvgIpc) is 3.09. The highest BCUT2D eigenvalue weighted by atomic mass is 16.5. The number of nitrogens with zero attached hydrogens (tertiary/aromatic N) is 1. The fraction of sp³-hybridized carbons (Fsp3) is 0.0556. The lowest BCUT2D eigenvalue weighted by Crippen LogP contribution is -2.23. The van der Waals surface area contributed by atoms with Crippen LogP contribution in [0.1, 0.15) is 11.1 Å². The molecule has 1 aromatic heterocycles. The van der Waals surface area contributed by atoms with Gasteiger partial charge < -0.3 is 20.3 Å².